The summed E-state index contributed by atoms with van der Waals surface area (Å²) in [7, 11) is 1.85. The first-order valence-electron chi connectivity index (χ1n) is 8.53. The number of nitrogens with one attached hydrogen (secondary N) is 1. The van der Waals surface area contributed by atoms with Crippen LogP contribution in [0, 0.1) is 24.0 Å². The SMILES string of the molecule is Cc1nn(C)c(C)c1CNC(=O)c1ccn(COc2ccccc2[N+](=O)[O-])n1. The van der Waals surface area contributed by atoms with Crippen molar-refractivity contribution in [3.8, 4) is 5.75 Å². The largest absolute Gasteiger partial charge is 0.464 e. The zero-order valence-electron chi connectivity index (χ0n) is 15.7. The molecule has 1 amide bonds. The van der Waals surface area contributed by atoms with Gasteiger partial charge in [-0.15, -0.1) is 0 Å². The van der Waals surface area contributed by atoms with Crippen molar-refractivity contribution in [3.05, 3.63) is 69.3 Å². The van der Waals surface area contributed by atoms with Crippen molar-refractivity contribution >= 4 is 11.6 Å². The number of amides is 1. The van der Waals surface area contributed by atoms with Crippen LogP contribution in [-0.2, 0) is 20.3 Å². The van der Waals surface area contributed by atoms with Crippen LogP contribution in [0.15, 0.2) is 36.5 Å². The second-order valence-corrected chi connectivity index (χ2v) is 6.19. The van der Waals surface area contributed by atoms with Gasteiger partial charge < -0.3 is 10.1 Å². The van der Waals surface area contributed by atoms with Crippen LogP contribution >= 0.6 is 0 Å². The van der Waals surface area contributed by atoms with E-state index in [1.54, 1.807) is 29.1 Å². The van der Waals surface area contributed by atoms with Crippen LogP contribution in [0.4, 0.5) is 5.69 Å². The molecule has 0 saturated carbocycles. The number of carbonyl (C=O) groups is 1. The standard InChI is InChI=1S/C18H20N6O4/c1-12-14(13(2)22(3)20-12)10-19-18(25)15-8-9-23(21-15)11-28-17-7-5-4-6-16(17)24(26)27/h4-9H,10-11H2,1-3H3,(H,19,25). The summed E-state index contributed by atoms with van der Waals surface area (Å²) < 4.78 is 8.62. The fraction of sp³-hybridized carbons (Fsp3) is 0.278. The highest BCUT2D eigenvalue weighted by Crippen LogP contribution is 2.25. The predicted molar refractivity (Wildman–Crippen MR) is 99.8 cm³/mol. The van der Waals surface area contributed by atoms with Crippen molar-refractivity contribution in [2.45, 2.75) is 27.1 Å². The Balaban J connectivity index is 1.61. The normalized spacial score (nSPS) is 10.7. The molecular weight excluding hydrogens is 364 g/mol. The topological polar surface area (TPSA) is 117 Å². The number of hydrogen-bond donors (Lipinski definition) is 1. The molecule has 0 aliphatic rings. The monoisotopic (exact) mass is 384 g/mol. The third-order valence-electron chi connectivity index (χ3n) is 4.37. The van der Waals surface area contributed by atoms with E-state index in [0.717, 1.165) is 17.0 Å². The molecule has 0 radical (unpaired) electrons. The van der Waals surface area contributed by atoms with Gasteiger partial charge in [0.25, 0.3) is 5.91 Å². The molecule has 1 aromatic carbocycles. The Morgan fingerprint density at radius 1 is 1.25 bits per heavy atom. The fourth-order valence-corrected chi connectivity index (χ4v) is 2.75. The van der Waals surface area contributed by atoms with Gasteiger partial charge in [-0.1, -0.05) is 12.1 Å². The van der Waals surface area contributed by atoms with E-state index in [0.29, 0.717) is 6.54 Å². The van der Waals surface area contributed by atoms with Gasteiger partial charge in [0.2, 0.25) is 0 Å². The first kappa shape index (κ1) is 19.1. The quantitative estimate of drug-likeness (QED) is 0.492. The molecule has 0 fully saturated rings. The van der Waals surface area contributed by atoms with Crippen molar-refractivity contribution in [2.75, 3.05) is 0 Å². The number of carbonyl (C=O) groups excluding carboxylic acids is 1. The number of aryl methyl sites for hydroxylation is 2. The van der Waals surface area contributed by atoms with Gasteiger partial charge in [0, 0.05) is 37.1 Å². The van der Waals surface area contributed by atoms with Gasteiger partial charge in [-0.25, -0.2) is 4.68 Å². The van der Waals surface area contributed by atoms with Gasteiger partial charge in [-0.2, -0.15) is 10.2 Å². The molecule has 1 N–H and O–H groups in total. The Hall–Kier alpha value is -3.69. The Kier molecular flexibility index (Phi) is 5.39. The van der Waals surface area contributed by atoms with Crippen LogP contribution in [0.1, 0.15) is 27.4 Å². The van der Waals surface area contributed by atoms with Crippen molar-refractivity contribution in [1.82, 2.24) is 24.9 Å². The van der Waals surface area contributed by atoms with E-state index >= 15 is 0 Å². The molecule has 146 valence electrons. The van der Waals surface area contributed by atoms with Gasteiger partial charge in [0.15, 0.2) is 12.5 Å². The van der Waals surface area contributed by atoms with Gasteiger partial charge in [0.1, 0.15) is 5.69 Å². The summed E-state index contributed by atoms with van der Waals surface area (Å²) in [6.45, 7) is 4.13. The molecule has 0 bridgehead atoms. The Morgan fingerprint density at radius 3 is 2.68 bits per heavy atom. The van der Waals surface area contributed by atoms with Crippen molar-refractivity contribution in [3.63, 3.8) is 0 Å². The van der Waals surface area contributed by atoms with E-state index in [-0.39, 0.29) is 29.8 Å². The molecule has 28 heavy (non-hydrogen) atoms. The van der Waals surface area contributed by atoms with Crippen LogP contribution < -0.4 is 10.1 Å². The smallest absolute Gasteiger partial charge is 0.311 e. The molecule has 0 spiro atoms. The predicted octanol–water partition coefficient (Wildman–Crippen LogP) is 2.11. The second-order valence-electron chi connectivity index (χ2n) is 6.19. The number of nitro benzene ring substituents is 1. The zero-order chi connectivity index (χ0) is 20.3. The minimum absolute atomic E-state index is 0.0566. The molecular formula is C18H20N6O4. The number of rotatable bonds is 7. The Labute approximate surface area is 160 Å². The van der Waals surface area contributed by atoms with Crippen LogP contribution in [0.2, 0.25) is 0 Å². The van der Waals surface area contributed by atoms with Crippen LogP contribution in [-0.4, -0.2) is 30.4 Å². The molecule has 3 aromatic rings. The summed E-state index contributed by atoms with van der Waals surface area (Å²) in [6, 6.07) is 7.63. The first-order chi connectivity index (χ1) is 13.4. The highest BCUT2D eigenvalue weighted by Gasteiger charge is 2.15. The lowest BCUT2D eigenvalue weighted by molar-refractivity contribution is -0.386. The van der Waals surface area contributed by atoms with E-state index in [9.17, 15) is 14.9 Å². The molecule has 0 aliphatic carbocycles. The van der Waals surface area contributed by atoms with Gasteiger partial charge in [0.05, 0.1) is 10.6 Å². The molecule has 10 heteroatoms. The van der Waals surface area contributed by atoms with Crippen molar-refractivity contribution < 1.29 is 14.5 Å². The van der Waals surface area contributed by atoms with Crippen molar-refractivity contribution in [2.24, 2.45) is 7.05 Å². The lowest BCUT2D eigenvalue weighted by atomic mass is 10.2. The maximum absolute atomic E-state index is 12.3. The number of para-hydroxylation sites is 2. The Bertz CT molecular complexity index is 1020. The highest BCUT2D eigenvalue weighted by molar-refractivity contribution is 5.92. The maximum atomic E-state index is 12.3. The van der Waals surface area contributed by atoms with Gasteiger partial charge >= 0.3 is 5.69 Å². The van der Waals surface area contributed by atoms with E-state index in [2.05, 4.69) is 15.5 Å². The lowest BCUT2D eigenvalue weighted by Crippen LogP contribution is -2.24. The fourth-order valence-electron chi connectivity index (χ4n) is 2.75. The molecule has 10 nitrogen and oxygen atoms in total. The molecule has 2 heterocycles. The average Bonchev–Trinajstić information content (AvgIpc) is 3.23. The minimum atomic E-state index is -0.514. The number of hydrogen-bond acceptors (Lipinski definition) is 6. The van der Waals surface area contributed by atoms with Crippen LogP contribution in [0.3, 0.4) is 0 Å². The molecule has 0 unspecified atom stereocenters. The van der Waals surface area contributed by atoms with E-state index in [1.165, 1.54) is 16.8 Å². The number of nitrogens with zero attached hydrogens (tertiary/aromatic N) is 5. The zero-order valence-corrected chi connectivity index (χ0v) is 15.7. The van der Waals surface area contributed by atoms with E-state index < -0.39 is 4.92 Å². The second kappa shape index (κ2) is 7.91. The van der Waals surface area contributed by atoms with Crippen molar-refractivity contribution in [1.29, 1.82) is 0 Å². The molecule has 2 aromatic heterocycles. The third-order valence-corrected chi connectivity index (χ3v) is 4.37. The summed E-state index contributed by atoms with van der Waals surface area (Å²) in [6.07, 6.45) is 1.57. The molecule has 0 saturated heterocycles. The molecule has 0 aliphatic heterocycles. The van der Waals surface area contributed by atoms with Gasteiger partial charge in [-0.05, 0) is 26.0 Å². The molecule has 3 rings (SSSR count). The minimum Gasteiger partial charge on any atom is -0.464 e. The average molecular weight is 384 g/mol. The highest BCUT2D eigenvalue weighted by atomic mass is 16.6. The van der Waals surface area contributed by atoms with Gasteiger partial charge in [-0.3, -0.25) is 19.6 Å². The Morgan fingerprint density at radius 2 is 2.00 bits per heavy atom. The lowest BCUT2D eigenvalue weighted by Gasteiger charge is -2.06. The number of ether oxygens (including phenoxy) is 1. The summed E-state index contributed by atoms with van der Waals surface area (Å²) in [5.74, 6) is -0.191. The van der Waals surface area contributed by atoms with Crippen LogP contribution in [0.25, 0.3) is 0 Å². The van der Waals surface area contributed by atoms with E-state index in [1.807, 2.05) is 20.9 Å². The number of aromatic nitrogens is 4. The number of benzene rings is 1. The summed E-state index contributed by atoms with van der Waals surface area (Å²) in [5, 5.41) is 22.3. The summed E-state index contributed by atoms with van der Waals surface area (Å²) >= 11 is 0. The summed E-state index contributed by atoms with van der Waals surface area (Å²) in [4.78, 5) is 22.8. The summed E-state index contributed by atoms with van der Waals surface area (Å²) in [5.41, 5.74) is 2.92. The first-order valence-corrected chi connectivity index (χ1v) is 8.53. The third kappa shape index (κ3) is 4.00. The van der Waals surface area contributed by atoms with E-state index in [4.69, 9.17) is 4.74 Å². The molecule has 0 atom stereocenters. The van der Waals surface area contributed by atoms with Crippen LogP contribution in [0.5, 0.6) is 5.75 Å². The maximum Gasteiger partial charge on any atom is 0.311 e. The number of nitro groups is 1.